The number of carbonyl (C=O) groups is 1. The second-order valence-corrected chi connectivity index (χ2v) is 6.97. The van der Waals surface area contributed by atoms with Crippen molar-refractivity contribution in [2.45, 2.75) is 58.1 Å². The molecule has 0 N–H and O–H groups in total. The summed E-state index contributed by atoms with van der Waals surface area (Å²) in [6.07, 6.45) is -1.04. The average molecular weight is 323 g/mol. The summed E-state index contributed by atoms with van der Waals surface area (Å²) in [7, 11) is 0. The normalized spacial score (nSPS) is 22.5. The maximum Gasteiger partial charge on any atom is 0.410 e. The molecular weight excluding hydrogens is 297 g/mol. The minimum Gasteiger partial charge on any atom is -0.444 e. The average Bonchev–Trinajstić information content (AvgIpc) is 2.66. The number of hydrogen-bond acceptors (Lipinski definition) is 3. The van der Waals surface area contributed by atoms with Gasteiger partial charge < -0.3 is 14.4 Å². The summed E-state index contributed by atoms with van der Waals surface area (Å²) in [5.41, 5.74) is 0.481. The van der Waals surface area contributed by atoms with Crippen molar-refractivity contribution in [2.24, 2.45) is 0 Å². The number of nitrogens with zero attached hydrogens (tertiary/aromatic N) is 1. The monoisotopic (exact) mass is 323 g/mol. The lowest BCUT2D eigenvalue weighted by atomic mass is 10.1. The highest BCUT2D eigenvalue weighted by atomic mass is 19.1. The molecule has 23 heavy (non-hydrogen) atoms. The van der Waals surface area contributed by atoms with Crippen molar-refractivity contribution in [1.82, 2.24) is 4.90 Å². The molecule has 1 aromatic rings. The Labute approximate surface area is 137 Å². The number of carbonyl (C=O) groups excluding carboxylic acids is 1. The third-order valence-corrected chi connectivity index (χ3v) is 3.64. The van der Waals surface area contributed by atoms with E-state index in [4.69, 9.17) is 9.47 Å². The van der Waals surface area contributed by atoms with Crippen LogP contribution in [0.25, 0.3) is 0 Å². The summed E-state index contributed by atoms with van der Waals surface area (Å²) in [6.45, 7) is 6.61. The van der Waals surface area contributed by atoms with Gasteiger partial charge in [0.15, 0.2) is 0 Å². The molecule has 0 radical (unpaired) electrons. The Hall–Kier alpha value is -1.62. The molecule has 0 aromatic heterocycles. The van der Waals surface area contributed by atoms with Crippen LogP contribution in [0.3, 0.4) is 0 Å². The van der Waals surface area contributed by atoms with Crippen LogP contribution in [0.4, 0.5) is 9.18 Å². The van der Waals surface area contributed by atoms with Crippen LogP contribution in [0.15, 0.2) is 30.3 Å². The van der Waals surface area contributed by atoms with Gasteiger partial charge in [-0.3, -0.25) is 0 Å². The van der Waals surface area contributed by atoms with Gasteiger partial charge in [-0.1, -0.05) is 30.3 Å². The van der Waals surface area contributed by atoms with Crippen LogP contribution in [0, 0.1) is 0 Å². The van der Waals surface area contributed by atoms with Crippen LogP contribution >= 0.6 is 0 Å². The summed E-state index contributed by atoms with van der Waals surface area (Å²) in [5.74, 6) is 0. The summed E-state index contributed by atoms with van der Waals surface area (Å²) in [4.78, 5) is 13.8. The Morgan fingerprint density at radius 3 is 2.65 bits per heavy atom. The number of benzene rings is 1. The van der Waals surface area contributed by atoms with E-state index in [1.54, 1.807) is 4.90 Å². The molecular formula is C18H26FNO3. The van der Waals surface area contributed by atoms with Crippen molar-refractivity contribution >= 4 is 6.09 Å². The maximum absolute atomic E-state index is 13.9. The molecule has 1 amide bonds. The first-order valence-corrected chi connectivity index (χ1v) is 8.11. The highest BCUT2D eigenvalue weighted by molar-refractivity contribution is 5.68. The van der Waals surface area contributed by atoms with E-state index in [-0.39, 0.29) is 6.10 Å². The van der Waals surface area contributed by atoms with E-state index in [1.165, 1.54) is 0 Å². The van der Waals surface area contributed by atoms with Crippen LogP contribution in [0.1, 0.15) is 39.2 Å². The van der Waals surface area contributed by atoms with Crippen LogP contribution in [0.2, 0.25) is 0 Å². The lowest BCUT2D eigenvalue weighted by Crippen LogP contribution is -2.40. The molecule has 0 spiro atoms. The quantitative estimate of drug-likeness (QED) is 0.845. The predicted molar refractivity (Wildman–Crippen MR) is 87.0 cm³/mol. The smallest absolute Gasteiger partial charge is 0.410 e. The number of ether oxygens (including phenoxy) is 2. The number of halogens is 1. The number of alkyl halides is 1. The molecule has 2 rings (SSSR count). The molecule has 2 unspecified atom stereocenters. The second kappa shape index (κ2) is 7.77. The molecule has 1 heterocycles. The van der Waals surface area contributed by atoms with Gasteiger partial charge in [-0.15, -0.1) is 0 Å². The number of rotatable bonds is 3. The van der Waals surface area contributed by atoms with Gasteiger partial charge in [-0.25, -0.2) is 9.18 Å². The van der Waals surface area contributed by atoms with Crippen molar-refractivity contribution in [2.75, 3.05) is 13.1 Å². The molecule has 1 aliphatic heterocycles. The van der Waals surface area contributed by atoms with Gasteiger partial charge in [-0.05, 0) is 32.8 Å². The van der Waals surface area contributed by atoms with Gasteiger partial charge in [0.2, 0.25) is 0 Å². The highest BCUT2D eigenvalue weighted by Gasteiger charge is 2.30. The molecule has 5 heteroatoms. The maximum atomic E-state index is 13.9. The van der Waals surface area contributed by atoms with Crippen molar-refractivity contribution in [1.29, 1.82) is 0 Å². The zero-order valence-electron chi connectivity index (χ0n) is 14.1. The zero-order valence-corrected chi connectivity index (χ0v) is 14.1. The van der Waals surface area contributed by atoms with Gasteiger partial charge >= 0.3 is 6.09 Å². The third kappa shape index (κ3) is 6.18. The molecule has 128 valence electrons. The Bertz CT molecular complexity index is 501. The highest BCUT2D eigenvalue weighted by Crippen LogP contribution is 2.20. The fraction of sp³-hybridized carbons (Fsp3) is 0.611. The molecule has 0 saturated carbocycles. The number of hydrogen-bond donors (Lipinski definition) is 0. The first kappa shape index (κ1) is 17.7. The lowest BCUT2D eigenvalue weighted by molar-refractivity contribution is -0.00667. The Morgan fingerprint density at radius 2 is 2.00 bits per heavy atom. The summed E-state index contributed by atoms with van der Waals surface area (Å²) in [6, 6.07) is 9.76. The van der Waals surface area contributed by atoms with Crippen molar-refractivity contribution in [3.63, 3.8) is 0 Å². The van der Waals surface area contributed by atoms with Crippen molar-refractivity contribution in [3.8, 4) is 0 Å². The van der Waals surface area contributed by atoms with Gasteiger partial charge in [0.05, 0.1) is 19.3 Å². The molecule has 1 aliphatic rings. The molecule has 1 aromatic carbocycles. The van der Waals surface area contributed by atoms with Crippen LogP contribution < -0.4 is 0 Å². The van der Waals surface area contributed by atoms with Gasteiger partial charge in [-0.2, -0.15) is 0 Å². The largest absolute Gasteiger partial charge is 0.444 e. The number of amides is 1. The van der Waals surface area contributed by atoms with Crippen molar-refractivity contribution in [3.05, 3.63) is 35.9 Å². The minimum absolute atomic E-state index is 0.312. The molecule has 1 fully saturated rings. The van der Waals surface area contributed by atoms with E-state index in [1.807, 2.05) is 51.1 Å². The second-order valence-electron chi connectivity index (χ2n) is 6.97. The van der Waals surface area contributed by atoms with Crippen molar-refractivity contribution < 1.29 is 18.7 Å². The Balaban J connectivity index is 1.94. The third-order valence-electron chi connectivity index (χ3n) is 3.64. The standard InChI is InChI=1S/C18H26FNO3/c1-18(2,3)23-17(21)20-10-9-15(19)11-16(12-20)22-13-14-7-5-4-6-8-14/h4-8,15-16H,9-13H2,1-3H3. The van der Waals surface area contributed by atoms with E-state index in [0.717, 1.165) is 5.56 Å². The van der Waals surface area contributed by atoms with Gasteiger partial charge in [0.25, 0.3) is 0 Å². The van der Waals surface area contributed by atoms with E-state index < -0.39 is 17.9 Å². The Kier molecular flexibility index (Phi) is 5.99. The lowest BCUT2D eigenvalue weighted by Gasteiger charge is -2.28. The van der Waals surface area contributed by atoms with E-state index in [0.29, 0.717) is 32.5 Å². The molecule has 1 saturated heterocycles. The topological polar surface area (TPSA) is 38.8 Å². The van der Waals surface area contributed by atoms with Gasteiger partial charge in [0.1, 0.15) is 11.8 Å². The molecule has 4 nitrogen and oxygen atoms in total. The molecule has 0 aliphatic carbocycles. The fourth-order valence-electron chi connectivity index (χ4n) is 2.51. The van der Waals surface area contributed by atoms with E-state index in [2.05, 4.69) is 0 Å². The Morgan fingerprint density at radius 1 is 1.30 bits per heavy atom. The minimum atomic E-state index is -0.955. The van der Waals surface area contributed by atoms with Crippen LogP contribution in [-0.2, 0) is 16.1 Å². The SMILES string of the molecule is CC(C)(C)OC(=O)N1CCC(F)CC(OCc2ccccc2)C1. The fourth-order valence-corrected chi connectivity index (χ4v) is 2.51. The van der Waals surface area contributed by atoms with Crippen LogP contribution in [0.5, 0.6) is 0 Å². The summed E-state index contributed by atoms with van der Waals surface area (Å²) in [5, 5.41) is 0. The van der Waals surface area contributed by atoms with Gasteiger partial charge in [0, 0.05) is 13.0 Å². The first-order chi connectivity index (χ1) is 10.8. The van der Waals surface area contributed by atoms with E-state index in [9.17, 15) is 9.18 Å². The zero-order chi connectivity index (χ0) is 16.9. The molecule has 0 bridgehead atoms. The van der Waals surface area contributed by atoms with E-state index >= 15 is 0 Å². The summed E-state index contributed by atoms with van der Waals surface area (Å²) >= 11 is 0. The predicted octanol–water partition coefficient (Wildman–Crippen LogP) is 3.94. The van der Waals surface area contributed by atoms with Crippen LogP contribution in [-0.4, -0.2) is 42.0 Å². The number of likely N-dealkylation sites (tertiary alicyclic amines) is 1. The molecule has 2 atom stereocenters. The summed E-state index contributed by atoms with van der Waals surface area (Å²) < 4.78 is 25.2. The first-order valence-electron chi connectivity index (χ1n) is 8.11.